The Hall–Kier alpha value is -3.61. The van der Waals surface area contributed by atoms with Gasteiger partial charge < -0.3 is 112 Å². The van der Waals surface area contributed by atoms with E-state index >= 15 is 0 Å². The van der Waals surface area contributed by atoms with Crippen LogP contribution in [0.4, 0.5) is 0 Å². The maximum Gasteiger partial charge on any atom is 0.397 e. The van der Waals surface area contributed by atoms with Gasteiger partial charge in [-0.1, -0.05) is 123 Å². The van der Waals surface area contributed by atoms with Crippen LogP contribution in [0.2, 0.25) is 0 Å². The molecule has 0 bridgehead atoms. The average molecular weight is 1410 g/mol. The molecular formula is C70H118O26S. The Labute approximate surface area is 572 Å². The van der Waals surface area contributed by atoms with Gasteiger partial charge in [-0.2, -0.15) is 8.42 Å². The summed E-state index contributed by atoms with van der Waals surface area (Å²) in [5.74, 6) is -0.812. The van der Waals surface area contributed by atoms with Crippen molar-refractivity contribution in [3.63, 3.8) is 0 Å². The molecule has 2 heterocycles. The van der Waals surface area contributed by atoms with Crippen molar-refractivity contribution in [3.8, 4) is 0 Å². The van der Waals surface area contributed by atoms with Gasteiger partial charge in [-0.15, -0.1) is 0 Å². The molecule has 0 spiro atoms. The summed E-state index contributed by atoms with van der Waals surface area (Å²) in [7, 11) is -4.67. The third-order valence-electron chi connectivity index (χ3n) is 17.4. The number of ether oxygens (including phenoxy) is 2. The molecule has 2 aliphatic rings. The molecule has 21 N–H and O–H groups in total. The zero-order valence-corrected chi connectivity index (χ0v) is 57.0. The van der Waals surface area contributed by atoms with Crippen LogP contribution in [0.5, 0.6) is 0 Å². The van der Waals surface area contributed by atoms with Crippen LogP contribution in [-0.4, -0.2) is 268 Å². The van der Waals surface area contributed by atoms with E-state index < -0.39 is 169 Å². The van der Waals surface area contributed by atoms with Gasteiger partial charge >= 0.3 is 10.4 Å². The van der Waals surface area contributed by atoms with Crippen molar-refractivity contribution in [3.05, 3.63) is 122 Å². The monoisotopic (exact) mass is 1410 g/mol. The molecule has 2 aliphatic heterocycles. The second-order valence-corrected chi connectivity index (χ2v) is 27.0. The van der Waals surface area contributed by atoms with Crippen LogP contribution in [0.1, 0.15) is 155 Å². The Morgan fingerprint density at radius 3 is 1.62 bits per heavy atom. The maximum absolute atomic E-state index is 11.2. The van der Waals surface area contributed by atoms with E-state index in [1.54, 1.807) is 32.1 Å². The van der Waals surface area contributed by atoms with Crippen LogP contribution in [-0.2, 0) is 24.1 Å². The lowest BCUT2D eigenvalue weighted by molar-refractivity contribution is -0.234. The summed E-state index contributed by atoms with van der Waals surface area (Å²) in [6.45, 7) is 9.95. The summed E-state index contributed by atoms with van der Waals surface area (Å²) in [5, 5.41) is 215. The van der Waals surface area contributed by atoms with Crippen LogP contribution in [0.15, 0.2) is 122 Å². The first-order valence-corrected chi connectivity index (χ1v) is 35.3. The van der Waals surface area contributed by atoms with E-state index in [9.17, 15) is 111 Å². The standard InChI is InChI=1S/C70H118O26S/c1-5-6-7-8-9-10-11-12-13-14-15-16-17-18-33-55(79)64(86)69-67(89)59(83)42-61(96-69)68(90)62(84)45(3)36-38-54(78)60-41-58(82)66(88)70(95-60)65(87)56(80)39-44(2)35-37-51(75)40-57(81)63(85)46(4)53(77)34-23-31-50(74)29-21-27-48(72)25-19-24-47(71)26-20-28-49(73)30-22-32-52(76)43-94-97(91,92)93/h5-7,10-15,18,20,22,26,30,33,39,46-90H,1,3,8-9,16-17,19,21,23-25,27-29,31-32,34-38,40-43H2,2,4H3,(H,91,92,93). The van der Waals surface area contributed by atoms with Gasteiger partial charge in [-0.25, -0.2) is 4.18 Å². The van der Waals surface area contributed by atoms with Crippen molar-refractivity contribution in [2.75, 3.05) is 6.61 Å². The largest absolute Gasteiger partial charge is 0.397 e. The normalized spacial score (nSPS) is 26.5. The summed E-state index contributed by atoms with van der Waals surface area (Å²) in [4.78, 5) is 0. The number of aliphatic hydroxyl groups is 20. The maximum atomic E-state index is 11.2. The Balaban J connectivity index is 1.75. The average Bonchev–Trinajstić information content (AvgIpc) is 0.816. The molecule has 2 fully saturated rings. The molecule has 0 aromatic carbocycles. The van der Waals surface area contributed by atoms with Crippen LogP contribution < -0.4 is 0 Å². The molecule has 0 radical (unpaired) electrons. The van der Waals surface area contributed by atoms with Gasteiger partial charge in [0.25, 0.3) is 0 Å². The lowest BCUT2D eigenvalue weighted by atomic mass is 9.87. The van der Waals surface area contributed by atoms with Gasteiger partial charge in [0.05, 0.1) is 92.1 Å². The molecule has 97 heavy (non-hydrogen) atoms. The third kappa shape index (κ3) is 37.2. The van der Waals surface area contributed by atoms with Crippen LogP contribution >= 0.6 is 0 Å². The van der Waals surface area contributed by atoms with E-state index in [-0.39, 0.29) is 69.8 Å². The van der Waals surface area contributed by atoms with Crippen LogP contribution in [0.25, 0.3) is 0 Å². The van der Waals surface area contributed by atoms with Crippen LogP contribution in [0.3, 0.4) is 0 Å². The number of rotatable bonds is 51. The SMILES string of the molecule is C=CC=CCCC=CC=CC=CCCC=CC(O)C(O)C1OC(C(O)C(O)C(=C)CCC(O)C2CC(O)C(O)C(C(O)C(O)C=C(C)CCC(O)CC(O)C(O)C(C)C(O)CCCC(O)CCCC(O)CCCC(O)C=CCC(O)C=CCC(O)COS(=O)(=O)O)O2)CC(O)C1O. The number of aliphatic hydroxyl groups excluding tert-OH is 20. The molecule has 0 aliphatic carbocycles. The van der Waals surface area contributed by atoms with Crippen molar-refractivity contribution in [2.24, 2.45) is 5.92 Å². The van der Waals surface area contributed by atoms with E-state index in [2.05, 4.69) is 17.3 Å². The molecule has 0 aromatic heterocycles. The van der Waals surface area contributed by atoms with E-state index in [1.165, 1.54) is 30.4 Å². The summed E-state index contributed by atoms with van der Waals surface area (Å²) < 4.78 is 45.4. The van der Waals surface area contributed by atoms with Gasteiger partial charge in [0.15, 0.2) is 0 Å². The molecule has 27 heteroatoms. The molecule has 2 rings (SSSR count). The molecular weight excluding hydrogens is 1290 g/mol. The van der Waals surface area contributed by atoms with Gasteiger partial charge in [-0.05, 0) is 134 Å². The lowest BCUT2D eigenvalue weighted by Crippen LogP contribution is -2.59. The van der Waals surface area contributed by atoms with E-state index in [0.29, 0.717) is 69.8 Å². The quantitative estimate of drug-likeness (QED) is 0.0177. The second kappa shape index (κ2) is 49.1. The molecule has 25 unspecified atom stereocenters. The minimum atomic E-state index is -4.67. The third-order valence-corrected chi connectivity index (χ3v) is 17.8. The molecule has 26 nitrogen and oxygen atoms in total. The Morgan fingerprint density at radius 1 is 0.536 bits per heavy atom. The number of hydrogen-bond acceptors (Lipinski definition) is 25. The summed E-state index contributed by atoms with van der Waals surface area (Å²) >= 11 is 0. The van der Waals surface area contributed by atoms with Crippen LogP contribution in [0, 0.1) is 5.92 Å². The molecule has 0 saturated carbocycles. The highest BCUT2D eigenvalue weighted by Gasteiger charge is 2.47. The second-order valence-electron chi connectivity index (χ2n) is 25.9. The zero-order chi connectivity index (χ0) is 72.8. The van der Waals surface area contributed by atoms with Gasteiger partial charge in [0, 0.05) is 25.2 Å². The van der Waals surface area contributed by atoms with E-state index in [0.717, 1.165) is 12.8 Å². The first-order valence-electron chi connectivity index (χ1n) is 33.9. The minimum absolute atomic E-state index is 0.00116. The van der Waals surface area contributed by atoms with Crippen molar-refractivity contribution in [2.45, 2.75) is 302 Å². The summed E-state index contributed by atoms with van der Waals surface area (Å²) in [6, 6.07) is 0. The number of hydrogen-bond donors (Lipinski definition) is 21. The van der Waals surface area contributed by atoms with Crippen molar-refractivity contribution in [1.29, 1.82) is 0 Å². The highest BCUT2D eigenvalue weighted by atomic mass is 32.3. The highest BCUT2D eigenvalue weighted by Crippen LogP contribution is 2.32. The molecule has 0 aromatic rings. The highest BCUT2D eigenvalue weighted by molar-refractivity contribution is 7.80. The summed E-state index contributed by atoms with van der Waals surface area (Å²) in [5.41, 5.74) is 0.464. The molecule has 2 saturated heterocycles. The predicted molar refractivity (Wildman–Crippen MR) is 363 cm³/mol. The van der Waals surface area contributed by atoms with Crippen molar-refractivity contribution in [1.82, 2.24) is 0 Å². The number of allylic oxidation sites excluding steroid dienone is 11. The smallest absolute Gasteiger partial charge is 0.393 e. The van der Waals surface area contributed by atoms with Gasteiger partial charge in [0.1, 0.15) is 61.0 Å². The van der Waals surface area contributed by atoms with Crippen molar-refractivity contribution < 1.29 is 129 Å². The van der Waals surface area contributed by atoms with Gasteiger partial charge in [-0.3, -0.25) is 4.55 Å². The Kier molecular flexibility index (Phi) is 45.3. The molecule has 0 amide bonds. The van der Waals surface area contributed by atoms with E-state index in [1.807, 2.05) is 48.6 Å². The topological polar surface area (TPSA) is 487 Å². The predicted octanol–water partition coefficient (Wildman–Crippen LogP) is 1.36. The molecule has 25 atom stereocenters. The Morgan fingerprint density at radius 2 is 1.04 bits per heavy atom. The number of unbranched alkanes of at least 4 members (excludes halogenated alkanes) is 2. The fourth-order valence-electron chi connectivity index (χ4n) is 11.2. The lowest BCUT2D eigenvalue weighted by Gasteiger charge is -2.42. The van der Waals surface area contributed by atoms with E-state index in [4.69, 9.17) is 14.0 Å². The van der Waals surface area contributed by atoms with Gasteiger partial charge in [0.2, 0.25) is 0 Å². The fourth-order valence-corrected chi connectivity index (χ4v) is 11.6. The first-order chi connectivity index (χ1) is 45.8. The summed E-state index contributed by atoms with van der Waals surface area (Å²) in [6.07, 6.45) is -0.284. The zero-order valence-electron chi connectivity index (χ0n) is 56.2. The Bertz CT molecular complexity index is 2510. The first kappa shape index (κ1) is 89.5. The minimum Gasteiger partial charge on any atom is -0.393 e. The fraction of sp³-hybridized carbons (Fsp3) is 0.714. The molecule has 560 valence electrons. The van der Waals surface area contributed by atoms with Crippen molar-refractivity contribution >= 4 is 10.4 Å².